The molecule has 104 valence electrons. The van der Waals surface area contributed by atoms with Gasteiger partial charge in [0.15, 0.2) is 0 Å². The zero-order valence-corrected chi connectivity index (χ0v) is 11.9. The Morgan fingerprint density at radius 2 is 2.05 bits per heavy atom. The molecular weight excluding hydrogens is 252 g/mol. The average molecular weight is 270 g/mol. The van der Waals surface area contributed by atoms with E-state index in [4.69, 9.17) is 4.74 Å². The lowest BCUT2D eigenvalue weighted by atomic mass is 10.0. The normalized spacial score (nSPS) is 10.2. The lowest BCUT2D eigenvalue weighted by molar-refractivity contribution is 0.0949. The van der Waals surface area contributed by atoms with Gasteiger partial charge in [0.2, 0.25) is 0 Å². The van der Waals surface area contributed by atoms with Gasteiger partial charge in [0.05, 0.1) is 19.3 Å². The number of hydrogen-bond acceptors (Lipinski definition) is 3. The number of hydrogen-bond donors (Lipinski definition) is 1. The van der Waals surface area contributed by atoms with Crippen LogP contribution in [0.3, 0.4) is 0 Å². The van der Waals surface area contributed by atoms with E-state index in [-0.39, 0.29) is 5.91 Å². The lowest BCUT2D eigenvalue weighted by Gasteiger charge is -2.11. The molecule has 0 atom stereocenters. The summed E-state index contributed by atoms with van der Waals surface area (Å²) in [6, 6.07) is 9.36. The van der Waals surface area contributed by atoms with Crippen molar-refractivity contribution in [1.82, 2.24) is 10.3 Å². The van der Waals surface area contributed by atoms with Crippen LogP contribution < -0.4 is 10.1 Å². The molecule has 0 unspecified atom stereocenters. The molecule has 0 radical (unpaired) electrons. The van der Waals surface area contributed by atoms with Gasteiger partial charge in [0.1, 0.15) is 5.75 Å². The fraction of sp³-hybridized carbons (Fsp3) is 0.250. The number of amides is 1. The first-order chi connectivity index (χ1) is 9.61. The second-order valence-corrected chi connectivity index (χ2v) is 4.64. The number of pyridine rings is 1. The van der Waals surface area contributed by atoms with Gasteiger partial charge < -0.3 is 10.1 Å². The Balaban J connectivity index is 2.11. The standard InChI is InChI=1S/C16H18N2O2/c1-11-9-15(20-3)12(2)8-14(11)16(19)18-10-13-6-4-5-7-17-13/h4-9H,10H2,1-3H3,(H,18,19). The van der Waals surface area contributed by atoms with Crippen molar-refractivity contribution in [2.24, 2.45) is 0 Å². The van der Waals surface area contributed by atoms with Gasteiger partial charge >= 0.3 is 0 Å². The minimum Gasteiger partial charge on any atom is -0.496 e. The van der Waals surface area contributed by atoms with Crippen LogP contribution in [-0.2, 0) is 6.54 Å². The summed E-state index contributed by atoms with van der Waals surface area (Å²) < 4.78 is 5.25. The molecule has 4 heteroatoms. The van der Waals surface area contributed by atoms with Gasteiger partial charge in [0.25, 0.3) is 5.91 Å². The van der Waals surface area contributed by atoms with E-state index in [0.29, 0.717) is 12.1 Å². The topological polar surface area (TPSA) is 51.2 Å². The van der Waals surface area contributed by atoms with Gasteiger partial charge in [-0.25, -0.2) is 0 Å². The summed E-state index contributed by atoms with van der Waals surface area (Å²) in [4.78, 5) is 16.4. The Hall–Kier alpha value is -2.36. The fourth-order valence-electron chi connectivity index (χ4n) is 2.02. The average Bonchev–Trinajstić information content (AvgIpc) is 2.47. The molecule has 0 aliphatic heterocycles. The highest BCUT2D eigenvalue weighted by molar-refractivity contribution is 5.96. The van der Waals surface area contributed by atoms with E-state index in [2.05, 4.69) is 10.3 Å². The number of nitrogens with one attached hydrogen (secondary N) is 1. The maximum Gasteiger partial charge on any atom is 0.251 e. The largest absolute Gasteiger partial charge is 0.496 e. The van der Waals surface area contributed by atoms with E-state index < -0.39 is 0 Å². The number of carbonyl (C=O) groups excluding carboxylic acids is 1. The van der Waals surface area contributed by atoms with E-state index in [1.165, 1.54) is 0 Å². The number of nitrogens with zero attached hydrogens (tertiary/aromatic N) is 1. The smallest absolute Gasteiger partial charge is 0.251 e. The highest BCUT2D eigenvalue weighted by Crippen LogP contribution is 2.22. The predicted molar refractivity (Wildman–Crippen MR) is 77.9 cm³/mol. The molecule has 0 aliphatic rings. The van der Waals surface area contributed by atoms with Crippen molar-refractivity contribution in [1.29, 1.82) is 0 Å². The molecule has 0 aliphatic carbocycles. The van der Waals surface area contributed by atoms with E-state index in [9.17, 15) is 4.79 Å². The summed E-state index contributed by atoms with van der Waals surface area (Å²) in [5.41, 5.74) is 3.34. The van der Waals surface area contributed by atoms with E-state index >= 15 is 0 Å². The van der Waals surface area contributed by atoms with Gasteiger partial charge in [-0.2, -0.15) is 0 Å². The molecule has 1 amide bonds. The van der Waals surface area contributed by atoms with Gasteiger partial charge in [-0.05, 0) is 49.2 Å². The highest BCUT2D eigenvalue weighted by Gasteiger charge is 2.12. The van der Waals surface area contributed by atoms with Crippen LogP contribution in [0.1, 0.15) is 27.2 Å². The van der Waals surface area contributed by atoms with E-state index in [1.54, 1.807) is 13.3 Å². The maximum absolute atomic E-state index is 12.2. The van der Waals surface area contributed by atoms with Crippen LogP contribution in [0.5, 0.6) is 5.75 Å². The van der Waals surface area contributed by atoms with Crippen molar-refractivity contribution in [3.63, 3.8) is 0 Å². The van der Waals surface area contributed by atoms with E-state index in [0.717, 1.165) is 22.6 Å². The number of benzene rings is 1. The van der Waals surface area contributed by atoms with Crippen molar-refractivity contribution in [2.45, 2.75) is 20.4 Å². The molecule has 0 fully saturated rings. The Morgan fingerprint density at radius 3 is 2.70 bits per heavy atom. The first-order valence-electron chi connectivity index (χ1n) is 6.45. The van der Waals surface area contributed by atoms with Crippen molar-refractivity contribution >= 4 is 5.91 Å². The third kappa shape index (κ3) is 3.15. The number of aromatic nitrogens is 1. The lowest BCUT2D eigenvalue weighted by Crippen LogP contribution is -2.24. The molecule has 4 nitrogen and oxygen atoms in total. The Bertz CT molecular complexity index is 609. The van der Waals surface area contributed by atoms with E-state index in [1.807, 2.05) is 44.2 Å². The highest BCUT2D eigenvalue weighted by atomic mass is 16.5. The molecule has 2 aromatic rings. The zero-order chi connectivity index (χ0) is 14.5. The van der Waals surface area contributed by atoms with Gasteiger partial charge in [0, 0.05) is 11.8 Å². The molecule has 1 aromatic carbocycles. The Kier molecular flexibility index (Phi) is 4.35. The van der Waals surface area contributed by atoms with Crippen molar-refractivity contribution < 1.29 is 9.53 Å². The molecule has 20 heavy (non-hydrogen) atoms. The van der Waals surface area contributed by atoms with Crippen LogP contribution in [0, 0.1) is 13.8 Å². The van der Waals surface area contributed by atoms with Crippen LogP contribution >= 0.6 is 0 Å². The van der Waals surface area contributed by atoms with Crippen LogP contribution in [0.2, 0.25) is 0 Å². The van der Waals surface area contributed by atoms with Gasteiger partial charge in [-0.1, -0.05) is 6.07 Å². The second kappa shape index (κ2) is 6.19. The number of ether oxygens (including phenoxy) is 1. The predicted octanol–water partition coefficient (Wildman–Crippen LogP) is 2.64. The molecule has 0 saturated carbocycles. The summed E-state index contributed by atoms with van der Waals surface area (Å²) in [7, 11) is 1.63. The molecule has 2 rings (SSSR count). The SMILES string of the molecule is COc1cc(C)c(C(=O)NCc2ccccn2)cc1C. The molecule has 0 saturated heterocycles. The minimum atomic E-state index is -0.0982. The Labute approximate surface area is 118 Å². The monoisotopic (exact) mass is 270 g/mol. The van der Waals surface area contributed by atoms with Crippen molar-refractivity contribution in [2.75, 3.05) is 7.11 Å². The summed E-state index contributed by atoms with van der Waals surface area (Å²) >= 11 is 0. The quantitative estimate of drug-likeness (QED) is 0.929. The van der Waals surface area contributed by atoms with Crippen LogP contribution in [0.25, 0.3) is 0 Å². The third-order valence-corrected chi connectivity index (χ3v) is 3.14. The van der Waals surface area contributed by atoms with Crippen LogP contribution in [0.15, 0.2) is 36.5 Å². The Morgan fingerprint density at radius 1 is 1.25 bits per heavy atom. The van der Waals surface area contributed by atoms with Gasteiger partial charge in [-0.15, -0.1) is 0 Å². The minimum absolute atomic E-state index is 0.0982. The number of aryl methyl sites for hydroxylation is 2. The molecule has 0 spiro atoms. The summed E-state index contributed by atoms with van der Waals surface area (Å²) in [6.45, 7) is 4.25. The molecule has 1 N–H and O–H groups in total. The maximum atomic E-state index is 12.2. The zero-order valence-electron chi connectivity index (χ0n) is 11.9. The summed E-state index contributed by atoms with van der Waals surface area (Å²) in [5.74, 6) is 0.697. The first-order valence-corrected chi connectivity index (χ1v) is 6.45. The van der Waals surface area contributed by atoms with Crippen LogP contribution in [-0.4, -0.2) is 18.0 Å². The fourth-order valence-corrected chi connectivity index (χ4v) is 2.02. The molecular formula is C16H18N2O2. The van der Waals surface area contributed by atoms with Crippen molar-refractivity contribution in [3.05, 3.63) is 58.9 Å². The number of methoxy groups -OCH3 is 1. The first kappa shape index (κ1) is 14.1. The summed E-state index contributed by atoms with van der Waals surface area (Å²) in [5, 5.41) is 2.88. The molecule has 1 aromatic heterocycles. The second-order valence-electron chi connectivity index (χ2n) is 4.64. The third-order valence-electron chi connectivity index (χ3n) is 3.14. The summed E-state index contributed by atoms with van der Waals surface area (Å²) in [6.07, 6.45) is 1.71. The number of carbonyl (C=O) groups is 1. The molecule has 0 bridgehead atoms. The van der Waals surface area contributed by atoms with Gasteiger partial charge in [-0.3, -0.25) is 9.78 Å². The van der Waals surface area contributed by atoms with Crippen LogP contribution in [0.4, 0.5) is 0 Å². The van der Waals surface area contributed by atoms with Crippen molar-refractivity contribution in [3.8, 4) is 5.75 Å². The number of rotatable bonds is 4. The molecule has 1 heterocycles.